The molecule has 0 aliphatic carbocycles. The average Bonchev–Trinajstić information content (AvgIpc) is 2.21. The number of hydrogen-bond acceptors (Lipinski definition) is 3. The van der Waals surface area contributed by atoms with Gasteiger partial charge in [0.25, 0.3) is 5.91 Å². The van der Waals surface area contributed by atoms with Gasteiger partial charge in [0.05, 0.1) is 5.56 Å². The van der Waals surface area contributed by atoms with E-state index >= 15 is 0 Å². The Kier molecular flexibility index (Phi) is 3.73. The molecule has 0 saturated carbocycles. The lowest BCUT2D eigenvalue weighted by Crippen LogP contribution is -2.38. The van der Waals surface area contributed by atoms with Gasteiger partial charge in [0.2, 0.25) is 0 Å². The minimum Gasteiger partial charge on any atom is -0.507 e. The van der Waals surface area contributed by atoms with E-state index in [2.05, 4.69) is 5.32 Å². The summed E-state index contributed by atoms with van der Waals surface area (Å²) < 4.78 is 0. The van der Waals surface area contributed by atoms with Crippen LogP contribution in [-0.4, -0.2) is 28.1 Å². The molecular weight excluding hydrogens is 234 g/mol. The number of aromatic hydroxyl groups is 1. The van der Waals surface area contributed by atoms with E-state index in [0.717, 1.165) is 0 Å². The number of carbonyl (C=O) groups is 2. The third-order valence-corrected chi connectivity index (χ3v) is 2.16. The number of carbonyl (C=O) groups excluding carboxylic acids is 1. The highest BCUT2D eigenvalue weighted by atomic mass is 35.5. The Bertz CT molecular complexity index is 433. The van der Waals surface area contributed by atoms with Crippen molar-refractivity contribution < 1.29 is 19.8 Å². The first kappa shape index (κ1) is 12.3. The van der Waals surface area contributed by atoms with E-state index in [-0.39, 0.29) is 16.3 Å². The minimum absolute atomic E-state index is 0.0550. The van der Waals surface area contributed by atoms with Crippen molar-refractivity contribution in [2.75, 3.05) is 0 Å². The second-order valence-corrected chi connectivity index (χ2v) is 3.63. The molecular formula is C10H10ClNO4. The fourth-order valence-corrected chi connectivity index (χ4v) is 1.20. The number of nitrogens with one attached hydrogen (secondary N) is 1. The predicted octanol–water partition coefficient (Wildman–Crippen LogP) is 1.25. The summed E-state index contributed by atoms with van der Waals surface area (Å²) in [6, 6.07) is 2.92. The molecule has 1 rings (SSSR count). The van der Waals surface area contributed by atoms with Crippen molar-refractivity contribution in [1.82, 2.24) is 5.32 Å². The van der Waals surface area contributed by atoms with Gasteiger partial charge in [0.1, 0.15) is 11.8 Å². The topological polar surface area (TPSA) is 86.6 Å². The van der Waals surface area contributed by atoms with Crippen LogP contribution in [0.15, 0.2) is 18.2 Å². The number of hydrogen-bond donors (Lipinski definition) is 3. The van der Waals surface area contributed by atoms with Crippen molar-refractivity contribution >= 4 is 23.5 Å². The summed E-state index contributed by atoms with van der Waals surface area (Å²) in [5.74, 6) is -2.09. The molecule has 0 aliphatic rings. The molecule has 0 aromatic heterocycles. The van der Waals surface area contributed by atoms with E-state index in [0.29, 0.717) is 0 Å². The van der Waals surface area contributed by atoms with Crippen LogP contribution in [0.25, 0.3) is 0 Å². The molecule has 0 radical (unpaired) electrons. The SMILES string of the molecule is CC(NC(=O)c1cc(Cl)ccc1O)C(=O)O. The molecule has 0 fully saturated rings. The van der Waals surface area contributed by atoms with Gasteiger partial charge in [-0.2, -0.15) is 0 Å². The third kappa shape index (κ3) is 2.87. The molecule has 1 atom stereocenters. The lowest BCUT2D eigenvalue weighted by molar-refractivity contribution is -0.138. The van der Waals surface area contributed by atoms with Crippen LogP contribution in [0.4, 0.5) is 0 Å². The summed E-state index contributed by atoms with van der Waals surface area (Å²) in [6.07, 6.45) is 0. The number of phenols is 1. The zero-order valence-electron chi connectivity index (χ0n) is 8.40. The van der Waals surface area contributed by atoms with Gasteiger partial charge in [0, 0.05) is 5.02 Å². The first-order chi connectivity index (χ1) is 7.41. The molecule has 1 aromatic rings. The summed E-state index contributed by atoms with van der Waals surface area (Å²) in [6.45, 7) is 1.32. The molecule has 0 heterocycles. The van der Waals surface area contributed by atoms with Gasteiger partial charge in [-0.05, 0) is 25.1 Å². The number of phenolic OH excluding ortho intramolecular Hbond substituents is 1. The third-order valence-electron chi connectivity index (χ3n) is 1.92. The number of carboxylic acid groups (broad SMARTS) is 1. The molecule has 0 saturated heterocycles. The monoisotopic (exact) mass is 243 g/mol. The molecule has 0 aliphatic heterocycles. The van der Waals surface area contributed by atoms with Gasteiger partial charge >= 0.3 is 5.97 Å². The highest BCUT2D eigenvalue weighted by Gasteiger charge is 2.17. The van der Waals surface area contributed by atoms with Gasteiger partial charge in [-0.3, -0.25) is 9.59 Å². The summed E-state index contributed by atoms with van der Waals surface area (Å²) in [5, 5.41) is 20.5. The summed E-state index contributed by atoms with van der Waals surface area (Å²) >= 11 is 5.65. The number of carboxylic acids is 1. The van der Waals surface area contributed by atoms with Gasteiger partial charge in [-0.25, -0.2) is 0 Å². The van der Waals surface area contributed by atoms with E-state index in [1.54, 1.807) is 0 Å². The van der Waals surface area contributed by atoms with Gasteiger partial charge in [-0.1, -0.05) is 11.6 Å². The Morgan fingerprint density at radius 1 is 1.44 bits per heavy atom. The zero-order chi connectivity index (χ0) is 12.3. The number of halogens is 1. The van der Waals surface area contributed by atoms with Gasteiger partial charge in [-0.15, -0.1) is 0 Å². The maximum Gasteiger partial charge on any atom is 0.325 e. The Morgan fingerprint density at radius 3 is 2.62 bits per heavy atom. The van der Waals surface area contributed by atoms with Crippen LogP contribution in [0.2, 0.25) is 5.02 Å². The van der Waals surface area contributed by atoms with Crippen LogP contribution in [-0.2, 0) is 4.79 Å². The molecule has 0 spiro atoms. The Labute approximate surface area is 96.7 Å². The fourth-order valence-electron chi connectivity index (χ4n) is 1.03. The number of benzene rings is 1. The average molecular weight is 244 g/mol. The first-order valence-corrected chi connectivity index (χ1v) is 4.82. The molecule has 5 nitrogen and oxygen atoms in total. The number of aliphatic carboxylic acids is 1. The van der Waals surface area contributed by atoms with Crippen molar-refractivity contribution in [2.45, 2.75) is 13.0 Å². The number of amides is 1. The zero-order valence-corrected chi connectivity index (χ0v) is 9.15. The normalized spacial score (nSPS) is 11.9. The van der Waals surface area contributed by atoms with Crippen LogP contribution in [0.3, 0.4) is 0 Å². The van der Waals surface area contributed by atoms with Crippen LogP contribution in [0, 0.1) is 0 Å². The molecule has 1 amide bonds. The van der Waals surface area contributed by atoms with Crippen LogP contribution in [0.5, 0.6) is 5.75 Å². The first-order valence-electron chi connectivity index (χ1n) is 4.44. The Balaban J connectivity index is 2.88. The lowest BCUT2D eigenvalue weighted by atomic mass is 10.2. The molecule has 1 aromatic carbocycles. The molecule has 16 heavy (non-hydrogen) atoms. The molecule has 0 bridgehead atoms. The van der Waals surface area contributed by atoms with Gasteiger partial charge in [0.15, 0.2) is 0 Å². The maximum absolute atomic E-state index is 11.5. The second kappa shape index (κ2) is 4.85. The summed E-state index contributed by atoms with van der Waals surface area (Å²) in [5.41, 5.74) is -0.0550. The smallest absolute Gasteiger partial charge is 0.325 e. The Morgan fingerprint density at radius 2 is 2.06 bits per heavy atom. The van der Waals surface area contributed by atoms with E-state index in [9.17, 15) is 14.7 Å². The van der Waals surface area contributed by atoms with E-state index in [1.807, 2.05) is 0 Å². The van der Waals surface area contributed by atoms with Crippen molar-refractivity contribution in [2.24, 2.45) is 0 Å². The molecule has 6 heteroatoms. The van der Waals surface area contributed by atoms with E-state index < -0.39 is 17.9 Å². The second-order valence-electron chi connectivity index (χ2n) is 3.19. The van der Waals surface area contributed by atoms with Crippen LogP contribution in [0.1, 0.15) is 17.3 Å². The van der Waals surface area contributed by atoms with Crippen molar-refractivity contribution in [3.05, 3.63) is 28.8 Å². The lowest BCUT2D eigenvalue weighted by Gasteiger charge is -2.10. The summed E-state index contributed by atoms with van der Waals surface area (Å²) in [4.78, 5) is 22.1. The molecule has 3 N–H and O–H groups in total. The van der Waals surface area contributed by atoms with Crippen LogP contribution >= 0.6 is 11.6 Å². The van der Waals surface area contributed by atoms with Gasteiger partial charge < -0.3 is 15.5 Å². The predicted molar refractivity (Wildman–Crippen MR) is 57.7 cm³/mol. The molecule has 1 unspecified atom stereocenters. The van der Waals surface area contributed by atoms with E-state index in [1.165, 1.54) is 25.1 Å². The minimum atomic E-state index is -1.16. The number of rotatable bonds is 3. The highest BCUT2D eigenvalue weighted by molar-refractivity contribution is 6.31. The molecule has 86 valence electrons. The van der Waals surface area contributed by atoms with Crippen molar-refractivity contribution in [1.29, 1.82) is 0 Å². The largest absolute Gasteiger partial charge is 0.507 e. The van der Waals surface area contributed by atoms with Crippen molar-refractivity contribution in [3.63, 3.8) is 0 Å². The van der Waals surface area contributed by atoms with Crippen molar-refractivity contribution in [3.8, 4) is 5.75 Å². The van der Waals surface area contributed by atoms with E-state index in [4.69, 9.17) is 16.7 Å². The Hall–Kier alpha value is -1.75. The maximum atomic E-state index is 11.5. The summed E-state index contributed by atoms with van der Waals surface area (Å²) in [7, 11) is 0. The standard InChI is InChI=1S/C10H10ClNO4/c1-5(10(15)16)12-9(14)7-4-6(11)2-3-8(7)13/h2-5,13H,1H3,(H,12,14)(H,15,16). The van der Waals surface area contributed by atoms with Crippen LogP contribution < -0.4 is 5.32 Å². The fraction of sp³-hybridized carbons (Fsp3) is 0.200. The quantitative estimate of drug-likeness (QED) is 0.746. The highest BCUT2D eigenvalue weighted by Crippen LogP contribution is 2.21.